The van der Waals surface area contributed by atoms with Gasteiger partial charge < -0.3 is 20.3 Å². The van der Waals surface area contributed by atoms with Gasteiger partial charge in [0.2, 0.25) is 0 Å². The number of aromatic nitrogens is 2. The smallest absolute Gasteiger partial charge is 0.144 e. The lowest BCUT2D eigenvalue weighted by Crippen LogP contribution is -2.24. The number of nitrogens with zero attached hydrogens (tertiary/aromatic N) is 2. The number of fused-ring (bicyclic) bond motifs is 1. The Morgan fingerprint density at radius 3 is 2.90 bits per heavy atom. The Bertz CT molecular complexity index is 631. The quantitative estimate of drug-likeness (QED) is 0.889. The number of hydrogen-bond acceptors (Lipinski definition) is 6. The zero-order valence-electron chi connectivity index (χ0n) is 11.7. The first-order valence-corrected chi connectivity index (χ1v) is 6.73. The van der Waals surface area contributed by atoms with Gasteiger partial charge in [-0.05, 0) is 6.07 Å². The monoisotopic (exact) mass is 287 g/mol. The molecule has 0 aliphatic carbocycles. The van der Waals surface area contributed by atoms with Crippen LogP contribution in [0, 0.1) is 0 Å². The molecule has 0 unspecified atom stereocenters. The molecule has 6 nitrogen and oxygen atoms in total. The third-order valence-corrected chi connectivity index (χ3v) is 3.57. The van der Waals surface area contributed by atoms with E-state index in [4.69, 9.17) is 20.3 Å². The highest BCUT2D eigenvalue weighted by Gasteiger charge is 2.28. The van der Waals surface area contributed by atoms with E-state index in [1.807, 2.05) is 18.2 Å². The maximum atomic E-state index is 9.00. The molecule has 1 aromatic carbocycles. The second-order valence-corrected chi connectivity index (χ2v) is 4.94. The maximum absolute atomic E-state index is 9.00. The normalized spacial score (nSPS) is 20.5. The van der Waals surface area contributed by atoms with Crippen molar-refractivity contribution in [2.45, 2.75) is 25.2 Å². The number of rotatable bonds is 3. The summed E-state index contributed by atoms with van der Waals surface area (Å²) in [6.07, 6.45) is 3.55. The largest absolute Gasteiger partial charge is 0.497 e. The average molecular weight is 287 g/mol. The number of aliphatic hydroxyl groups excluding tert-OH is 1. The van der Waals surface area contributed by atoms with Crippen molar-refractivity contribution in [3.63, 3.8) is 0 Å². The Morgan fingerprint density at radius 2 is 2.24 bits per heavy atom. The number of aliphatic hydroxyl groups is 1. The second kappa shape index (κ2) is 5.67. The van der Waals surface area contributed by atoms with Crippen LogP contribution in [0.4, 0.5) is 0 Å². The van der Waals surface area contributed by atoms with Gasteiger partial charge in [0.1, 0.15) is 17.6 Å². The van der Waals surface area contributed by atoms with E-state index in [-0.39, 0.29) is 18.8 Å². The molecule has 1 aliphatic heterocycles. The van der Waals surface area contributed by atoms with Gasteiger partial charge in [0.15, 0.2) is 0 Å². The van der Waals surface area contributed by atoms with Gasteiger partial charge in [-0.25, -0.2) is 0 Å². The molecular formula is C15H17N3O3. The van der Waals surface area contributed by atoms with Gasteiger partial charge in [0.25, 0.3) is 0 Å². The van der Waals surface area contributed by atoms with Crippen molar-refractivity contribution in [1.29, 1.82) is 0 Å². The molecule has 0 radical (unpaired) electrons. The summed E-state index contributed by atoms with van der Waals surface area (Å²) in [6, 6.07) is 5.51. The van der Waals surface area contributed by atoms with Gasteiger partial charge in [0.05, 0.1) is 37.5 Å². The highest BCUT2D eigenvalue weighted by atomic mass is 16.5. The first-order valence-electron chi connectivity index (χ1n) is 6.73. The van der Waals surface area contributed by atoms with E-state index in [2.05, 4.69) is 9.97 Å². The van der Waals surface area contributed by atoms with Crippen molar-refractivity contribution < 1.29 is 14.6 Å². The van der Waals surface area contributed by atoms with E-state index in [1.165, 1.54) is 0 Å². The first-order chi connectivity index (χ1) is 10.2. The Kier molecular flexibility index (Phi) is 3.72. The van der Waals surface area contributed by atoms with E-state index in [1.54, 1.807) is 19.5 Å². The van der Waals surface area contributed by atoms with Crippen LogP contribution in [-0.2, 0) is 6.61 Å². The minimum absolute atomic E-state index is 0.121. The highest BCUT2D eigenvalue weighted by Crippen LogP contribution is 2.40. The molecule has 0 saturated heterocycles. The Balaban J connectivity index is 1.89. The van der Waals surface area contributed by atoms with Crippen LogP contribution in [0.2, 0.25) is 0 Å². The zero-order chi connectivity index (χ0) is 14.8. The number of methoxy groups -OCH3 is 1. The van der Waals surface area contributed by atoms with Crippen LogP contribution in [-0.4, -0.2) is 22.2 Å². The van der Waals surface area contributed by atoms with Gasteiger partial charge in [-0.15, -0.1) is 0 Å². The van der Waals surface area contributed by atoms with Crippen LogP contribution in [0.15, 0.2) is 30.6 Å². The van der Waals surface area contributed by atoms with Crippen molar-refractivity contribution >= 4 is 0 Å². The molecule has 2 aromatic rings. The Labute approximate surface area is 122 Å². The van der Waals surface area contributed by atoms with E-state index in [9.17, 15) is 0 Å². The van der Waals surface area contributed by atoms with Crippen molar-refractivity contribution in [2.75, 3.05) is 7.11 Å². The van der Waals surface area contributed by atoms with E-state index >= 15 is 0 Å². The standard InChI is InChI=1S/C15H17N3O3/c1-20-10-2-3-11-12(16)5-15(21-14(11)4-10)13-7-17-9(8-19)6-18-13/h2-4,6-7,12,15,19H,5,8,16H2,1H3/t12-,15-/m1/s1. The molecule has 1 aliphatic rings. The van der Waals surface area contributed by atoms with Gasteiger partial charge in [-0.3, -0.25) is 9.97 Å². The van der Waals surface area contributed by atoms with Gasteiger partial charge in [-0.1, -0.05) is 6.07 Å². The van der Waals surface area contributed by atoms with Crippen molar-refractivity contribution in [3.8, 4) is 11.5 Å². The molecule has 0 amide bonds. The van der Waals surface area contributed by atoms with E-state index in [0.29, 0.717) is 23.6 Å². The molecule has 21 heavy (non-hydrogen) atoms. The molecule has 3 rings (SSSR count). The molecular weight excluding hydrogens is 270 g/mol. The molecule has 2 heterocycles. The molecule has 1 aromatic heterocycles. The minimum Gasteiger partial charge on any atom is -0.497 e. The fourth-order valence-electron chi connectivity index (χ4n) is 2.40. The molecule has 0 saturated carbocycles. The SMILES string of the molecule is COc1ccc2c(c1)O[C@@H](c1cnc(CO)cn1)C[C@H]2N. The van der Waals surface area contributed by atoms with Crippen LogP contribution < -0.4 is 15.2 Å². The summed E-state index contributed by atoms with van der Waals surface area (Å²) in [6.45, 7) is -0.127. The molecule has 2 atom stereocenters. The number of benzene rings is 1. The predicted molar refractivity (Wildman–Crippen MR) is 75.9 cm³/mol. The van der Waals surface area contributed by atoms with Gasteiger partial charge in [-0.2, -0.15) is 0 Å². The van der Waals surface area contributed by atoms with Crippen LogP contribution in [0.25, 0.3) is 0 Å². The third-order valence-electron chi connectivity index (χ3n) is 3.57. The lowest BCUT2D eigenvalue weighted by molar-refractivity contribution is 0.156. The van der Waals surface area contributed by atoms with E-state index in [0.717, 1.165) is 11.3 Å². The lowest BCUT2D eigenvalue weighted by Gasteiger charge is -2.30. The predicted octanol–water partition coefficient (Wildman–Crippen LogP) is 1.50. The van der Waals surface area contributed by atoms with Crippen LogP contribution in [0.3, 0.4) is 0 Å². The number of ether oxygens (including phenoxy) is 2. The van der Waals surface area contributed by atoms with Crippen molar-refractivity contribution in [1.82, 2.24) is 9.97 Å². The highest BCUT2D eigenvalue weighted by molar-refractivity contribution is 5.44. The fourth-order valence-corrected chi connectivity index (χ4v) is 2.40. The van der Waals surface area contributed by atoms with Gasteiger partial charge >= 0.3 is 0 Å². The molecule has 6 heteroatoms. The summed E-state index contributed by atoms with van der Waals surface area (Å²) < 4.78 is 11.2. The second-order valence-electron chi connectivity index (χ2n) is 4.94. The topological polar surface area (TPSA) is 90.5 Å². The number of nitrogens with two attached hydrogens (primary N) is 1. The molecule has 110 valence electrons. The molecule has 0 bridgehead atoms. The minimum atomic E-state index is -0.250. The average Bonchev–Trinajstić information content (AvgIpc) is 2.54. The lowest BCUT2D eigenvalue weighted by atomic mass is 9.96. The van der Waals surface area contributed by atoms with Crippen molar-refractivity contribution in [3.05, 3.63) is 47.5 Å². The van der Waals surface area contributed by atoms with Crippen molar-refractivity contribution in [2.24, 2.45) is 5.73 Å². The molecule has 3 N–H and O–H groups in total. The Hall–Kier alpha value is -2.18. The van der Waals surface area contributed by atoms with Gasteiger partial charge in [0, 0.05) is 24.1 Å². The van der Waals surface area contributed by atoms with Crippen LogP contribution >= 0.6 is 0 Å². The van der Waals surface area contributed by atoms with Crippen LogP contribution in [0.1, 0.15) is 35.5 Å². The third kappa shape index (κ3) is 2.68. The molecule has 0 fully saturated rings. The zero-order valence-corrected chi connectivity index (χ0v) is 11.7. The van der Waals surface area contributed by atoms with Crippen LogP contribution in [0.5, 0.6) is 11.5 Å². The first kappa shape index (κ1) is 13.8. The fraction of sp³-hybridized carbons (Fsp3) is 0.333. The summed E-state index contributed by atoms with van der Waals surface area (Å²) in [5.41, 5.74) is 8.41. The summed E-state index contributed by atoms with van der Waals surface area (Å²) in [5, 5.41) is 9.00. The summed E-state index contributed by atoms with van der Waals surface area (Å²) >= 11 is 0. The maximum Gasteiger partial charge on any atom is 0.144 e. The summed E-state index contributed by atoms with van der Waals surface area (Å²) in [5.74, 6) is 1.44. The molecule has 0 spiro atoms. The number of hydrogen-bond donors (Lipinski definition) is 2. The summed E-state index contributed by atoms with van der Waals surface area (Å²) in [7, 11) is 1.61. The summed E-state index contributed by atoms with van der Waals surface area (Å²) in [4.78, 5) is 8.42. The Morgan fingerprint density at radius 1 is 1.38 bits per heavy atom. The van der Waals surface area contributed by atoms with E-state index < -0.39 is 0 Å².